The van der Waals surface area contributed by atoms with E-state index in [1.807, 2.05) is 0 Å². The van der Waals surface area contributed by atoms with Gasteiger partial charge in [-0.1, -0.05) is 13.3 Å². The van der Waals surface area contributed by atoms with E-state index in [0.29, 0.717) is 25.0 Å². The van der Waals surface area contributed by atoms with Gasteiger partial charge >= 0.3 is 0 Å². The molecule has 0 amide bonds. The molecule has 0 unspecified atom stereocenters. The molecular weight excluding hydrogens is 350 g/mol. The minimum absolute atomic E-state index is 0.0758. The molecule has 0 bridgehead atoms. The number of nitrogens with zero attached hydrogens (tertiary/aromatic N) is 2. The molecule has 0 aromatic rings. The summed E-state index contributed by atoms with van der Waals surface area (Å²) >= 11 is 0. The third-order valence-corrected chi connectivity index (χ3v) is 6.87. The number of hydrogen-bond acceptors (Lipinski definition) is 4. The van der Waals surface area contributed by atoms with E-state index in [2.05, 4.69) is 32.2 Å². The minimum atomic E-state index is -3.20. The van der Waals surface area contributed by atoms with Crippen molar-refractivity contribution >= 4 is 16.0 Å². The molecule has 0 atom stereocenters. The van der Waals surface area contributed by atoms with Gasteiger partial charge in [0.15, 0.2) is 5.96 Å². The maximum absolute atomic E-state index is 12.0. The zero-order valence-electron chi connectivity index (χ0n) is 16.5. The Labute approximate surface area is 159 Å². The minimum Gasteiger partial charge on any atom is -0.356 e. The number of nitrogens with one attached hydrogen (secondary N) is 3. The van der Waals surface area contributed by atoms with E-state index in [9.17, 15) is 8.42 Å². The molecule has 0 aromatic carbocycles. The average molecular weight is 388 g/mol. The van der Waals surface area contributed by atoms with Crippen molar-refractivity contribution in [2.45, 2.75) is 45.4 Å². The van der Waals surface area contributed by atoms with Gasteiger partial charge in [-0.15, -0.1) is 0 Å². The lowest BCUT2D eigenvalue weighted by Gasteiger charge is -2.30. The largest absolute Gasteiger partial charge is 0.356 e. The zero-order chi connectivity index (χ0) is 18.8. The second-order valence-electron chi connectivity index (χ2n) is 7.77. The second kappa shape index (κ2) is 11.1. The lowest BCUT2D eigenvalue weighted by atomic mass is 9.86. The highest BCUT2D eigenvalue weighted by Gasteiger charge is 2.20. The molecule has 2 aliphatic rings. The molecular formula is C18H37N5O2S. The molecule has 1 saturated heterocycles. The van der Waals surface area contributed by atoms with Crippen LogP contribution in [0.15, 0.2) is 4.99 Å². The van der Waals surface area contributed by atoms with E-state index in [1.165, 1.54) is 32.4 Å². The van der Waals surface area contributed by atoms with E-state index >= 15 is 0 Å². The molecule has 0 spiro atoms. The Morgan fingerprint density at radius 3 is 2.42 bits per heavy atom. The van der Waals surface area contributed by atoms with Crippen LogP contribution in [0.5, 0.6) is 0 Å². The van der Waals surface area contributed by atoms with Crippen LogP contribution in [0, 0.1) is 11.8 Å². The quantitative estimate of drug-likeness (QED) is 0.296. The summed E-state index contributed by atoms with van der Waals surface area (Å²) < 4.78 is 26.7. The van der Waals surface area contributed by atoms with Crippen LogP contribution in [-0.2, 0) is 10.0 Å². The van der Waals surface area contributed by atoms with E-state index in [4.69, 9.17) is 0 Å². The van der Waals surface area contributed by atoms with Crippen molar-refractivity contribution in [2.75, 3.05) is 52.1 Å². The SMILES string of the molecule is CN=C(NCCCN1CCC(C)CC1)NCCS(=O)(=O)NCC1CCC1. The Kier molecular flexibility index (Phi) is 9.15. The van der Waals surface area contributed by atoms with Gasteiger partial charge in [0.1, 0.15) is 0 Å². The van der Waals surface area contributed by atoms with Gasteiger partial charge in [0, 0.05) is 26.7 Å². The van der Waals surface area contributed by atoms with Crippen LogP contribution >= 0.6 is 0 Å². The maximum Gasteiger partial charge on any atom is 0.213 e. The fraction of sp³-hybridized carbons (Fsp3) is 0.944. The van der Waals surface area contributed by atoms with Crippen molar-refractivity contribution in [3.63, 3.8) is 0 Å². The van der Waals surface area contributed by atoms with Gasteiger partial charge in [0.25, 0.3) is 0 Å². The van der Waals surface area contributed by atoms with E-state index in [0.717, 1.165) is 38.3 Å². The Morgan fingerprint density at radius 1 is 1.12 bits per heavy atom. The number of sulfonamides is 1. The van der Waals surface area contributed by atoms with Crippen LogP contribution in [0.2, 0.25) is 0 Å². The molecule has 2 rings (SSSR count). The second-order valence-corrected chi connectivity index (χ2v) is 9.69. The van der Waals surface area contributed by atoms with E-state index in [1.54, 1.807) is 7.05 Å². The van der Waals surface area contributed by atoms with Crippen LogP contribution in [0.1, 0.15) is 45.4 Å². The lowest BCUT2D eigenvalue weighted by Crippen LogP contribution is -2.43. The monoisotopic (exact) mass is 387 g/mol. The normalized spacial score (nSPS) is 20.8. The molecule has 1 saturated carbocycles. The fourth-order valence-corrected chi connectivity index (χ4v) is 4.34. The first kappa shape index (κ1) is 21.4. The van der Waals surface area contributed by atoms with Crippen LogP contribution in [-0.4, -0.2) is 71.3 Å². The van der Waals surface area contributed by atoms with Gasteiger partial charge in [-0.25, -0.2) is 13.1 Å². The molecule has 152 valence electrons. The first-order valence-electron chi connectivity index (χ1n) is 10.1. The molecule has 1 aliphatic heterocycles. The highest BCUT2D eigenvalue weighted by atomic mass is 32.2. The molecule has 2 fully saturated rings. The van der Waals surface area contributed by atoms with Crippen LogP contribution in [0.25, 0.3) is 0 Å². The van der Waals surface area contributed by atoms with Gasteiger partial charge < -0.3 is 15.5 Å². The highest BCUT2D eigenvalue weighted by molar-refractivity contribution is 7.89. The van der Waals surface area contributed by atoms with Crippen LogP contribution in [0.4, 0.5) is 0 Å². The topological polar surface area (TPSA) is 85.8 Å². The number of likely N-dealkylation sites (tertiary alicyclic amines) is 1. The van der Waals surface area contributed by atoms with Crippen molar-refractivity contribution in [1.82, 2.24) is 20.3 Å². The van der Waals surface area contributed by atoms with Gasteiger partial charge in [-0.2, -0.15) is 0 Å². The number of guanidine groups is 1. The third kappa shape index (κ3) is 8.22. The van der Waals surface area contributed by atoms with Crippen molar-refractivity contribution < 1.29 is 8.42 Å². The number of rotatable bonds is 10. The number of piperidine rings is 1. The smallest absolute Gasteiger partial charge is 0.213 e. The van der Waals surface area contributed by atoms with Gasteiger partial charge in [-0.3, -0.25) is 4.99 Å². The summed E-state index contributed by atoms with van der Waals surface area (Å²) in [6.07, 6.45) is 7.20. The van der Waals surface area contributed by atoms with Gasteiger partial charge in [0.2, 0.25) is 10.0 Å². The Morgan fingerprint density at radius 2 is 1.81 bits per heavy atom. The predicted octanol–water partition coefficient (Wildman–Crippen LogP) is 0.993. The zero-order valence-corrected chi connectivity index (χ0v) is 17.3. The molecule has 1 heterocycles. The Hall–Kier alpha value is -0.860. The van der Waals surface area contributed by atoms with Crippen LogP contribution in [0.3, 0.4) is 0 Å². The number of hydrogen-bond donors (Lipinski definition) is 3. The summed E-state index contributed by atoms with van der Waals surface area (Å²) in [4.78, 5) is 6.69. The van der Waals surface area contributed by atoms with Crippen molar-refractivity contribution in [3.8, 4) is 0 Å². The van der Waals surface area contributed by atoms with Gasteiger partial charge in [-0.05, 0) is 63.6 Å². The maximum atomic E-state index is 12.0. The Bertz CT molecular complexity index is 526. The molecule has 3 N–H and O–H groups in total. The van der Waals surface area contributed by atoms with E-state index < -0.39 is 10.0 Å². The molecule has 7 nitrogen and oxygen atoms in total. The molecule has 8 heteroatoms. The standard InChI is InChI=1S/C18H37N5O2S/c1-16-7-12-23(13-8-16)11-4-9-20-18(19-2)21-10-14-26(24,25)22-15-17-5-3-6-17/h16-17,22H,3-15H2,1-2H3,(H2,19,20,21). The lowest BCUT2D eigenvalue weighted by molar-refractivity contribution is 0.191. The van der Waals surface area contributed by atoms with Crippen LogP contribution < -0.4 is 15.4 Å². The first-order valence-corrected chi connectivity index (χ1v) is 11.8. The Balaban J connectivity index is 1.52. The summed E-state index contributed by atoms with van der Waals surface area (Å²) in [5.41, 5.74) is 0. The molecule has 0 aromatic heterocycles. The summed E-state index contributed by atoms with van der Waals surface area (Å²) in [5, 5.41) is 6.36. The summed E-state index contributed by atoms with van der Waals surface area (Å²) in [5.74, 6) is 2.15. The first-order chi connectivity index (χ1) is 12.5. The van der Waals surface area contributed by atoms with Gasteiger partial charge in [0.05, 0.1) is 5.75 Å². The van der Waals surface area contributed by atoms with Crippen molar-refractivity contribution in [2.24, 2.45) is 16.8 Å². The fourth-order valence-electron chi connectivity index (χ4n) is 3.33. The molecule has 26 heavy (non-hydrogen) atoms. The van der Waals surface area contributed by atoms with Crippen molar-refractivity contribution in [1.29, 1.82) is 0 Å². The molecule has 1 aliphatic carbocycles. The summed E-state index contributed by atoms with van der Waals surface area (Å²) in [7, 11) is -1.49. The van der Waals surface area contributed by atoms with E-state index in [-0.39, 0.29) is 5.75 Å². The number of aliphatic imine (C=N–C) groups is 1. The summed E-state index contributed by atoms with van der Waals surface area (Å²) in [6, 6.07) is 0. The highest BCUT2D eigenvalue weighted by Crippen LogP contribution is 2.25. The summed E-state index contributed by atoms with van der Waals surface area (Å²) in [6.45, 7) is 7.65. The molecule has 0 radical (unpaired) electrons. The predicted molar refractivity (Wildman–Crippen MR) is 108 cm³/mol. The van der Waals surface area contributed by atoms with Crippen molar-refractivity contribution in [3.05, 3.63) is 0 Å². The average Bonchev–Trinajstić information content (AvgIpc) is 2.57. The third-order valence-electron chi connectivity index (χ3n) is 5.52.